The van der Waals surface area contributed by atoms with Crippen molar-refractivity contribution < 1.29 is 9.53 Å². The highest BCUT2D eigenvalue weighted by Crippen LogP contribution is 2.31. The number of amides is 1. The number of halogens is 1. The highest BCUT2D eigenvalue weighted by atomic mass is 35.5. The Morgan fingerprint density at radius 2 is 1.92 bits per heavy atom. The second kappa shape index (κ2) is 12.2. The van der Waals surface area contributed by atoms with Crippen molar-refractivity contribution in [3.05, 3.63) is 52.5 Å². The van der Waals surface area contributed by atoms with Gasteiger partial charge in [0.05, 0.1) is 18.7 Å². The van der Waals surface area contributed by atoms with Crippen LogP contribution in [-0.4, -0.2) is 76.4 Å². The minimum atomic E-state index is -0.169. The summed E-state index contributed by atoms with van der Waals surface area (Å²) in [6, 6.07) is 12.0. The van der Waals surface area contributed by atoms with Gasteiger partial charge >= 0.3 is 0 Å². The Morgan fingerprint density at radius 1 is 1.17 bits per heavy atom. The number of rotatable bonds is 8. The molecule has 192 valence electrons. The van der Waals surface area contributed by atoms with Gasteiger partial charge in [0.1, 0.15) is 5.75 Å². The predicted octanol–water partition coefficient (Wildman–Crippen LogP) is 3.95. The van der Waals surface area contributed by atoms with Gasteiger partial charge in [-0.3, -0.25) is 9.79 Å². The molecule has 0 bridgehead atoms. The van der Waals surface area contributed by atoms with Gasteiger partial charge in [-0.2, -0.15) is 0 Å². The van der Waals surface area contributed by atoms with E-state index in [-0.39, 0.29) is 11.8 Å². The van der Waals surface area contributed by atoms with Gasteiger partial charge in [-0.05, 0) is 61.3 Å². The maximum absolute atomic E-state index is 12.1. The quantitative estimate of drug-likeness (QED) is 0.562. The number of anilines is 2. The van der Waals surface area contributed by atoms with Crippen LogP contribution in [0, 0.1) is 5.92 Å². The van der Waals surface area contributed by atoms with Crippen LogP contribution in [0.3, 0.4) is 0 Å². The van der Waals surface area contributed by atoms with Crippen molar-refractivity contribution >= 4 is 41.1 Å². The molecule has 2 N–H and O–H groups in total. The van der Waals surface area contributed by atoms with Crippen LogP contribution < -0.4 is 20.3 Å². The predicted molar refractivity (Wildman–Crippen MR) is 148 cm³/mol. The molecule has 2 aromatic rings. The van der Waals surface area contributed by atoms with Crippen LogP contribution in [0.1, 0.15) is 29.3 Å². The third-order valence-electron chi connectivity index (χ3n) is 6.80. The van der Waals surface area contributed by atoms with Gasteiger partial charge in [-0.1, -0.05) is 18.5 Å². The standard InChI is InChI=1S/C27H35ClN6O2/c1-4-33-11-13-34(14-12-33)23-9-7-22(8-10-23)32-27-30-17-19(18-31-27)5-6-20-15-21(26(35)29-2)16-24(36-3)25(20)28/h7-10,15-17,19H,4-6,11-14,18H2,1-3H3,(H,29,35)(H,31,32). The van der Waals surface area contributed by atoms with Crippen molar-refractivity contribution in [1.29, 1.82) is 0 Å². The van der Waals surface area contributed by atoms with Gasteiger partial charge in [-0.25, -0.2) is 4.99 Å². The number of aryl methyl sites for hydroxylation is 1. The van der Waals surface area contributed by atoms with Crippen molar-refractivity contribution in [3.63, 3.8) is 0 Å². The molecule has 4 rings (SSSR count). The van der Waals surface area contributed by atoms with Crippen LogP contribution in [0.2, 0.25) is 5.02 Å². The molecule has 1 fully saturated rings. The topological polar surface area (TPSA) is 81.6 Å². The van der Waals surface area contributed by atoms with E-state index in [0.29, 0.717) is 35.3 Å². The first-order valence-electron chi connectivity index (χ1n) is 12.5. The fourth-order valence-electron chi connectivity index (χ4n) is 4.51. The summed E-state index contributed by atoms with van der Waals surface area (Å²) in [5, 5.41) is 6.50. The third kappa shape index (κ3) is 6.36. The van der Waals surface area contributed by atoms with E-state index in [4.69, 9.17) is 16.3 Å². The highest BCUT2D eigenvalue weighted by Gasteiger charge is 2.18. The molecule has 2 aliphatic heterocycles. The molecule has 0 saturated carbocycles. The zero-order valence-electron chi connectivity index (χ0n) is 21.3. The minimum Gasteiger partial charge on any atom is -0.495 e. The van der Waals surface area contributed by atoms with E-state index in [0.717, 1.165) is 50.4 Å². The number of guanidine groups is 1. The van der Waals surface area contributed by atoms with Gasteiger partial charge in [-0.15, -0.1) is 0 Å². The second-order valence-corrected chi connectivity index (χ2v) is 9.44. The summed E-state index contributed by atoms with van der Waals surface area (Å²) in [5.41, 5.74) is 3.64. The second-order valence-electron chi connectivity index (χ2n) is 9.07. The largest absolute Gasteiger partial charge is 0.495 e. The molecule has 2 aromatic carbocycles. The Morgan fingerprint density at radius 3 is 2.53 bits per heavy atom. The molecule has 0 aliphatic carbocycles. The van der Waals surface area contributed by atoms with Gasteiger partial charge in [0.15, 0.2) is 0 Å². The average Bonchev–Trinajstić information content (AvgIpc) is 2.93. The lowest BCUT2D eigenvalue weighted by atomic mass is 9.98. The normalized spacial score (nSPS) is 18.1. The first kappa shape index (κ1) is 26.0. The van der Waals surface area contributed by atoms with Crippen molar-refractivity contribution in [2.45, 2.75) is 19.8 Å². The molecular formula is C27H35ClN6O2. The maximum atomic E-state index is 12.1. The first-order chi connectivity index (χ1) is 17.5. The summed E-state index contributed by atoms with van der Waals surface area (Å²) in [6.45, 7) is 8.34. The van der Waals surface area contributed by atoms with Crippen molar-refractivity contribution in [3.8, 4) is 5.75 Å². The summed E-state index contributed by atoms with van der Waals surface area (Å²) >= 11 is 6.50. The Bertz CT molecular complexity index is 1110. The fraction of sp³-hybridized carbons (Fsp3) is 0.444. The van der Waals surface area contributed by atoms with Gasteiger partial charge < -0.3 is 25.2 Å². The zero-order chi connectivity index (χ0) is 25.5. The molecule has 1 amide bonds. The number of piperazine rings is 1. The summed E-state index contributed by atoms with van der Waals surface area (Å²) < 4.78 is 5.36. The number of carbonyl (C=O) groups excluding carboxylic acids is 1. The Hall–Kier alpha value is -3.10. The van der Waals surface area contributed by atoms with E-state index in [1.54, 1.807) is 20.2 Å². The van der Waals surface area contributed by atoms with Gasteiger partial charge in [0.25, 0.3) is 5.91 Å². The Labute approximate surface area is 218 Å². The number of ether oxygens (including phenoxy) is 1. The summed E-state index contributed by atoms with van der Waals surface area (Å²) in [7, 11) is 3.16. The number of carbonyl (C=O) groups is 1. The monoisotopic (exact) mass is 510 g/mol. The Kier molecular flexibility index (Phi) is 8.83. The lowest BCUT2D eigenvalue weighted by Crippen LogP contribution is -2.46. The molecule has 0 aromatic heterocycles. The molecule has 0 spiro atoms. The van der Waals surface area contributed by atoms with Crippen LogP contribution in [0.15, 0.2) is 46.4 Å². The van der Waals surface area contributed by atoms with E-state index in [9.17, 15) is 4.79 Å². The van der Waals surface area contributed by atoms with E-state index < -0.39 is 0 Å². The Balaban J connectivity index is 1.29. The van der Waals surface area contributed by atoms with Gasteiger partial charge in [0, 0.05) is 62.3 Å². The van der Waals surface area contributed by atoms with Crippen molar-refractivity contribution in [2.75, 3.05) is 63.6 Å². The third-order valence-corrected chi connectivity index (χ3v) is 7.23. The average molecular weight is 511 g/mol. The number of methoxy groups -OCH3 is 1. The van der Waals surface area contributed by atoms with E-state index in [1.807, 2.05) is 12.3 Å². The fourth-order valence-corrected chi connectivity index (χ4v) is 4.80. The summed E-state index contributed by atoms with van der Waals surface area (Å²) in [6.07, 6.45) is 3.47. The van der Waals surface area contributed by atoms with E-state index in [2.05, 4.69) is 61.6 Å². The number of likely N-dealkylation sites (N-methyl/N-ethyl adjacent to an activating group) is 1. The number of hydrogen-bond acceptors (Lipinski definition) is 7. The lowest BCUT2D eigenvalue weighted by Gasteiger charge is -2.35. The molecule has 0 radical (unpaired) electrons. The first-order valence-corrected chi connectivity index (χ1v) is 12.9. The SMILES string of the molecule is CCN1CCN(c2ccc(NC3=NCC(CCc4cc(C(=O)NC)cc(OC)c4Cl)C=N3)cc2)CC1. The number of nitrogens with zero attached hydrogens (tertiary/aromatic N) is 4. The molecule has 1 saturated heterocycles. The molecule has 1 unspecified atom stereocenters. The molecule has 2 heterocycles. The maximum Gasteiger partial charge on any atom is 0.251 e. The lowest BCUT2D eigenvalue weighted by molar-refractivity contribution is 0.0962. The molecule has 9 heteroatoms. The van der Waals surface area contributed by atoms with E-state index >= 15 is 0 Å². The van der Waals surface area contributed by atoms with Crippen molar-refractivity contribution in [2.24, 2.45) is 15.9 Å². The highest BCUT2D eigenvalue weighted by molar-refractivity contribution is 6.33. The van der Waals surface area contributed by atoms with Crippen LogP contribution >= 0.6 is 11.6 Å². The van der Waals surface area contributed by atoms with Crippen LogP contribution in [0.5, 0.6) is 5.75 Å². The summed E-state index contributed by atoms with van der Waals surface area (Å²) in [4.78, 5) is 26.2. The number of nitrogens with one attached hydrogen (secondary N) is 2. The van der Waals surface area contributed by atoms with Crippen LogP contribution in [-0.2, 0) is 6.42 Å². The molecule has 2 aliphatic rings. The molecule has 36 heavy (non-hydrogen) atoms. The molecule has 8 nitrogen and oxygen atoms in total. The summed E-state index contributed by atoms with van der Waals surface area (Å²) in [5.74, 6) is 1.16. The molecular weight excluding hydrogens is 476 g/mol. The number of aliphatic imine (C=N–C) groups is 2. The van der Waals surface area contributed by atoms with Crippen LogP contribution in [0.4, 0.5) is 11.4 Å². The number of hydrogen-bond donors (Lipinski definition) is 2. The van der Waals surface area contributed by atoms with Crippen molar-refractivity contribution in [1.82, 2.24) is 10.2 Å². The number of benzene rings is 2. The van der Waals surface area contributed by atoms with E-state index in [1.165, 1.54) is 5.69 Å². The smallest absolute Gasteiger partial charge is 0.251 e. The van der Waals surface area contributed by atoms with Crippen LogP contribution in [0.25, 0.3) is 0 Å². The molecule has 1 atom stereocenters. The zero-order valence-corrected chi connectivity index (χ0v) is 22.0. The minimum absolute atomic E-state index is 0.169. The van der Waals surface area contributed by atoms with Gasteiger partial charge in [0.2, 0.25) is 5.96 Å².